The molecule has 0 radical (unpaired) electrons. The Morgan fingerprint density at radius 3 is 1.96 bits per heavy atom. The van der Waals surface area contributed by atoms with Crippen molar-refractivity contribution in [1.29, 1.82) is 5.26 Å². The average molecular weight is 484 g/mol. The van der Waals surface area contributed by atoms with Crippen LogP contribution in [0.1, 0.15) is 30.4 Å². The van der Waals surface area contributed by atoms with Crippen LogP contribution in [0.4, 0.5) is 13.2 Å². The van der Waals surface area contributed by atoms with E-state index in [1.807, 2.05) is 24.3 Å². The van der Waals surface area contributed by atoms with Gasteiger partial charge in [-0.3, -0.25) is 4.90 Å². The molecule has 0 saturated carbocycles. The number of alkyl halides is 4. The van der Waals surface area contributed by atoms with E-state index in [0.29, 0.717) is 6.42 Å². The molecule has 1 fully saturated rings. The molecule has 1 aliphatic rings. The molecular formula is C21H20F3IN2. The highest BCUT2D eigenvalue weighted by molar-refractivity contribution is 14.1. The first-order valence-electron chi connectivity index (χ1n) is 8.84. The van der Waals surface area contributed by atoms with Crippen molar-refractivity contribution in [2.24, 2.45) is 0 Å². The third kappa shape index (κ3) is 5.23. The number of piperidine rings is 1. The van der Waals surface area contributed by atoms with Crippen LogP contribution in [0.15, 0.2) is 48.5 Å². The number of nitrogens with zero attached hydrogens (tertiary/aromatic N) is 2. The molecule has 27 heavy (non-hydrogen) atoms. The van der Waals surface area contributed by atoms with Crippen molar-refractivity contribution in [2.75, 3.05) is 13.1 Å². The Labute approximate surface area is 171 Å². The lowest BCUT2D eigenvalue weighted by Crippen LogP contribution is -2.40. The van der Waals surface area contributed by atoms with Gasteiger partial charge < -0.3 is 0 Å². The highest BCUT2D eigenvalue weighted by Crippen LogP contribution is 2.35. The van der Waals surface area contributed by atoms with E-state index in [9.17, 15) is 13.2 Å². The summed E-state index contributed by atoms with van der Waals surface area (Å²) in [5.74, 6) is 0. The van der Waals surface area contributed by atoms with Crippen LogP contribution in [0.25, 0.3) is 11.1 Å². The van der Waals surface area contributed by atoms with E-state index in [0.717, 1.165) is 55.7 Å². The standard InChI is InChI=1S/C21H20F3IN2/c22-21(23,24)19-7-5-18(6-8-19)17-3-1-16(2-4-17)15-27-13-10-20(25,9-12-26)11-14-27/h1-8H,9-11,13-15H2. The van der Waals surface area contributed by atoms with E-state index < -0.39 is 11.7 Å². The summed E-state index contributed by atoms with van der Waals surface area (Å²) in [7, 11) is 0. The maximum Gasteiger partial charge on any atom is 0.416 e. The number of benzene rings is 2. The normalized spacial score (nSPS) is 17.4. The van der Waals surface area contributed by atoms with E-state index in [-0.39, 0.29) is 3.42 Å². The van der Waals surface area contributed by atoms with Crippen molar-refractivity contribution < 1.29 is 13.2 Å². The van der Waals surface area contributed by atoms with Gasteiger partial charge in [-0.25, -0.2) is 0 Å². The topological polar surface area (TPSA) is 27.0 Å². The molecule has 2 nitrogen and oxygen atoms in total. The van der Waals surface area contributed by atoms with Crippen molar-refractivity contribution in [2.45, 2.75) is 35.4 Å². The van der Waals surface area contributed by atoms with Crippen LogP contribution in [0, 0.1) is 11.3 Å². The second-order valence-corrected chi connectivity index (χ2v) is 9.32. The molecule has 0 atom stereocenters. The summed E-state index contributed by atoms with van der Waals surface area (Å²) in [4.78, 5) is 2.39. The predicted molar refractivity (Wildman–Crippen MR) is 108 cm³/mol. The molecule has 0 amide bonds. The van der Waals surface area contributed by atoms with Gasteiger partial charge in [0.05, 0.1) is 11.6 Å². The minimum atomic E-state index is -4.31. The van der Waals surface area contributed by atoms with Gasteiger partial charge in [0.25, 0.3) is 0 Å². The molecule has 0 aliphatic carbocycles. The van der Waals surface area contributed by atoms with Gasteiger partial charge in [0.2, 0.25) is 0 Å². The Kier molecular flexibility index (Phi) is 6.11. The molecule has 1 saturated heterocycles. The second-order valence-electron chi connectivity index (χ2n) is 7.03. The summed E-state index contributed by atoms with van der Waals surface area (Å²) in [5, 5.41) is 8.94. The lowest BCUT2D eigenvalue weighted by Gasteiger charge is -2.36. The molecule has 0 spiro atoms. The minimum Gasteiger partial charge on any atom is -0.299 e. The molecule has 0 bridgehead atoms. The van der Waals surface area contributed by atoms with Crippen LogP contribution in [-0.2, 0) is 12.7 Å². The number of halogens is 4. The highest BCUT2D eigenvalue weighted by atomic mass is 127. The van der Waals surface area contributed by atoms with Gasteiger partial charge in [-0.15, -0.1) is 0 Å². The molecule has 6 heteroatoms. The number of hydrogen-bond donors (Lipinski definition) is 0. The smallest absolute Gasteiger partial charge is 0.299 e. The summed E-state index contributed by atoms with van der Waals surface area (Å²) in [6, 6.07) is 15.5. The molecule has 2 aromatic carbocycles. The van der Waals surface area contributed by atoms with Crippen LogP contribution >= 0.6 is 22.6 Å². The Bertz CT molecular complexity index is 799. The van der Waals surface area contributed by atoms with Gasteiger partial charge in [-0.1, -0.05) is 59.0 Å². The maximum absolute atomic E-state index is 12.7. The maximum atomic E-state index is 12.7. The minimum absolute atomic E-state index is 0.107. The van der Waals surface area contributed by atoms with Crippen molar-refractivity contribution >= 4 is 22.6 Å². The zero-order valence-corrected chi connectivity index (χ0v) is 16.9. The zero-order chi connectivity index (χ0) is 19.5. The summed E-state index contributed by atoms with van der Waals surface area (Å²) < 4.78 is 38.1. The molecule has 0 N–H and O–H groups in total. The molecule has 0 unspecified atom stereocenters. The molecule has 1 aliphatic heterocycles. The summed E-state index contributed by atoms with van der Waals surface area (Å²) >= 11 is 2.43. The highest BCUT2D eigenvalue weighted by Gasteiger charge is 2.31. The number of rotatable bonds is 4. The number of nitriles is 1. The zero-order valence-electron chi connectivity index (χ0n) is 14.8. The van der Waals surface area contributed by atoms with E-state index in [1.165, 1.54) is 17.7 Å². The van der Waals surface area contributed by atoms with Crippen LogP contribution in [0.3, 0.4) is 0 Å². The molecule has 3 rings (SSSR count). The average Bonchev–Trinajstić information content (AvgIpc) is 2.64. The Hall–Kier alpha value is -1.59. The fourth-order valence-electron chi connectivity index (χ4n) is 3.34. The fraction of sp³-hybridized carbons (Fsp3) is 0.381. The van der Waals surface area contributed by atoms with E-state index in [4.69, 9.17) is 5.26 Å². The molecule has 142 valence electrons. The van der Waals surface area contributed by atoms with Gasteiger partial charge in [0, 0.05) is 16.4 Å². The summed E-state index contributed by atoms with van der Waals surface area (Å²) in [6.45, 7) is 2.81. The first kappa shape index (κ1) is 20.2. The van der Waals surface area contributed by atoms with Crippen LogP contribution < -0.4 is 0 Å². The number of likely N-dealkylation sites (tertiary alicyclic amines) is 1. The Morgan fingerprint density at radius 1 is 0.963 bits per heavy atom. The third-order valence-corrected chi connectivity index (χ3v) is 6.51. The second kappa shape index (κ2) is 8.19. The molecule has 2 aromatic rings. The predicted octanol–water partition coefficient (Wildman–Crippen LogP) is 6.06. The van der Waals surface area contributed by atoms with Gasteiger partial charge in [-0.05, 0) is 54.8 Å². The van der Waals surface area contributed by atoms with Gasteiger partial charge in [0.15, 0.2) is 0 Å². The van der Waals surface area contributed by atoms with E-state index >= 15 is 0 Å². The Morgan fingerprint density at radius 2 is 1.48 bits per heavy atom. The van der Waals surface area contributed by atoms with Crippen molar-refractivity contribution in [3.05, 3.63) is 59.7 Å². The first-order valence-corrected chi connectivity index (χ1v) is 9.92. The fourth-order valence-corrected chi connectivity index (χ4v) is 4.00. The Balaban J connectivity index is 1.60. The molecular weight excluding hydrogens is 464 g/mol. The van der Waals surface area contributed by atoms with E-state index in [1.54, 1.807) is 0 Å². The van der Waals surface area contributed by atoms with Gasteiger partial charge >= 0.3 is 6.18 Å². The van der Waals surface area contributed by atoms with Crippen LogP contribution in [-0.4, -0.2) is 21.4 Å². The van der Waals surface area contributed by atoms with Gasteiger partial charge in [-0.2, -0.15) is 18.4 Å². The SMILES string of the molecule is N#CCC1(I)CCN(Cc2ccc(-c3ccc(C(F)(F)F)cc3)cc2)CC1. The van der Waals surface area contributed by atoms with Crippen molar-refractivity contribution in [3.63, 3.8) is 0 Å². The van der Waals surface area contributed by atoms with E-state index in [2.05, 4.69) is 33.6 Å². The molecule has 0 aromatic heterocycles. The summed E-state index contributed by atoms with van der Waals surface area (Å²) in [5.41, 5.74) is 2.24. The monoisotopic (exact) mass is 484 g/mol. The van der Waals surface area contributed by atoms with Crippen LogP contribution in [0.2, 0.25) is 0 Å². The summed E-state index contributed by atoms with van der Waals surface area (Å²) in [6.07, 6.45) is -1.67. The lowest BCUT2D eigenvalue weighted by atomic mass is 9.93. The van der Waals surface area contributed by atoms with Crippen molar-refractivity contribution in [3.8, 4) is 17.2 Å². The van der Waals surface area contributed by atoms with Crippen LogP contribution in [0.5, 0.6) is 0 Å². The lowest BCUT2D eigenvalue weighted by molar-refractivity contribution is -0.137. The quantitative estimate of drug-likeness (QED) is 0.390. The number of hydrogen-bond acceptors (Lipinski definition) is 2. The first-order chi connectivity index (χ1) is 12.8. The molecule has 1 heterocycles. The largest absolute Gasteiger partial charge is 0.416 e. The third-order valence-electron chi connectivity index (χ3n) is 5.05. The van der Waals surface area contributed by atoms with Gasteiger partial charge in [0.1, 0.15) is 0 Å². The van der Waals surface area contributed by atoms with Crippen molar-refractivity contribution in [1.82, 2.24) is 4.90 Å².